The van der Waals surface area contributed by atoms with Crippen LogP contribution in [0.2, 0.25) is 0 Å². The number of hydrogen-bond donors (Lipinski definition) is 2. The summed E-state index contributed by atoms with van der Waals surface area (Å²) in [7, 11) is 0. The summed E-state index contributed by atoms with van der Waals surface area (Å²) < 4.78 is 14.4. The molecule has 5 nitrogen and oxygen atoms in total. The van der Waals surface area contributed by atoms with Crippen molar-refractivity contribution in [2.45, 2.75) is 328 Å². The number of carbonyl (C=O) groups excluding carboxylic acids is 1. The molecule has 3 rings (SSSR count). The summed E-state index contributed by atoms with van der Waals surface area (Å²) in [6, 6.07) is 0. The van der Waals surface area contributed by atoms with Crippen LogP contribution >= 0.6 is 0 Å². The summed E-state index contributed by atoms with van der Waals surface area (Å²) in [5.41, 5.74) is 0.735. The highest BCUT2D eigenvalue weighted by Gasteiger charge is 2.54. The van der Waals surface area contributed by atoms with E-state index in [9.17, 15) is 15.0 Å². The Kier molecular flexibility index (Phi) is 36.6. The molecule has 0 aromatic rings. The third-order valence-electron chi connectivity index (χ3n) is 17.4. The number of fused-ring (bicyclic) bond motifs is 1. The number of allylic oxidation sites excluding steroid dienone is 8. The van der Waals surface area contributed by atoms with Crippen LogP contribution in [-0.2, 0) is 14.3 Å². The molecular formula is C66H118O5. The summed E-state index contributed by atoms with van der Waals surface area (Å²) in [6.45, 7) is 9.69. The molecule has 2 saturated carbocycles. The number of ketones is 1. The molecule has 1 spiro atoms. The van der Waals surface area contributed by atoms with Crippen molar-refractivity contribution in [2.75, 3.05) is 13.2 Å². The normalized spacial score (nSPS) is 21.3. The first kappa shape index (κ1) is 63.8. The van der Waals surface area contributed by atoms with Crippen LogP contribution in [0.3, 0.4) is 0 Å². The first-order chi connectivity index (χ1) is 34.7. The fourth-order valence-electron chi connectivity index (χ4n) is 12.6. The Balaban J connectivity index is 1.50. The predicted octanol–water partition coefficient (Wildman–Crippen LogP) is 19.7. The third-order valence-corrected chi connectivity index (χ3v) is 17.4. The number of hydrogen-bond acceptors (Lipinski definition) is 5. The highest BCUT2D eigenvalue weighted by atomic mass is 16.8. The Bertz CT molecular complexity index is 1330. The molecule has 2 unspecified atom stereocenters. The van der Waals surface area contributed by atoms with Crippen molar-refractivity contribution in [1.82, 2.24) is 0 Å². The maximum absolute atomic E-state index is 12.4. The maximum Gasteiger partial charge on any atom is 0.169 e. The van der Waals surface area contributed by atoms with Crippen LogP contribution in [0.4, 0.5) is 0 Å². The first-order valence-corrected chi connectivity index (χ1v) is 31.4. The van der Waals surface area contributed by atoms with Crippen LogP contribution in [0.5, 0.6) is 0 Å². The Morgan fingerprint density at radius 2 is 0.887 bits per heavy atom. The van der Waals surface area contributed by atoms with E-state index in [1.807, 2.05) is 0 Å². The Hall–Kier alpha value is -1.53. The van der Waals surface area contributed by atoms with Gasteiger partial charge >= 0.3 is 0 Å². The van der Waals surface area contributed by atoms with Crippen molar-refractivity contribution < 1.29 is 24.5 Å². The van der Waals surface area contributed by atoms with Crippen LogP contribution in [0.1, 0.15) is 310 Å². The molecule has 0 bridgehead atoms. The second kappa shape index (κ2) is 40.7. The fourth-order valence-corrected chi connectivity index (χ4v) is 12.6. The van der Waals surface area contributed by atoms with Crippen molar-refractivity contribution in [3.63, 3.8) is 0 Å². The van der Waals surface area contributed by atoms with Gasteiger partial charge in [0.2, 0.25) is 0 Å². The molecule has 3 fully saturated rings. The van der Waals surface area contributed by atoms with E-state index in [0.29, 0.717) is 48.9 Å². The van der Waals surface area contributed by atoms with E-state index >= 15 is 0 Å². The van der Waals surface area contributed by atoms with E-state index in [-0.39, 0.29) is 30.0 Å². The zero-order valence-corrected chi connectivity index (χ0v) is 47.6. The quantitative estimate of drug-likeness (QED) is 0.0469. The zero-order chi connectivity index (χ0) is 51.0. The van der Waals surface area contributed by atoms with E-state index < -0.39 is 0 Å². The van der Waals surface area contributed by atoms with Gasteiger partial charge in [-0.05, 0) is 158 Å². The Morgan fingerprint density at radius 3 is 1.35 bits per heavy atom. The molecule has 1 aliphatic heterocycles. The number of aliphatic hydroxyl groups excluding tert-OH is 2. The van der Waals surface area contributed by atoms with Gasteiger partial charge in [-0.2, -0.15) is 0 Å². The summed E-state index contributed by atoms with van der Waals surface area (Å²) in [5, 5.41) is 18.6. The molecule has 0 aromatic carbocycles. The molecule has 2 N–H and O–H groups in total. The van der Waals surface area contributed by atoms with Crippen molar-refractivity contribution in [2.24, 2.45) is 22.7 Å². The van der Waals surface area contributed by atoms with E-state index in [2.05, 4.69) is 76.3 Å². The minimum Gasteiger partial charge on any atom is -0.396 e. The fraction of sp³-hybridized carbons (Fsp3) is 0.864. The molecule has 0 radical (unpaired) electrons. The number of aliphatic hydroxyl groups is 2. The van der Waals surface area contributed by atoms with Gasteiger partial charge in [-0.3, -0.25) is 4.79 Å². The lowest BCUT2D eigenvalue weighted by Gasteiger charge is -2.44. The van der Waals surface area contributed by atoms with Crippen LogP contribution in [0.15, 0.2) is 48.6 Å². The van der Waals surface area contributed by atoms with Crippen molar-refractivity contribution in [3.05, 3.63) is 48.6 Å². The minimum absolute atomic E-state index is 0.106. The second-order valence-corrected chi connectivity index (χ2v) is 24.2. The molecule has 412 valence electrons. The molecule has 4 atom stereocenters. The van der Waals surface area contributed by atoms with Crippen LogP contribution in [0.25, 0.3) is 0 Å². The van der Waals surface area contributed by atoms with E-state index in [0.717, 1.165) is 64.2 Å². The van der Waals surface area contributed by atoms with Crippen LogP contribution in [-0.4, -0.2) is 47.2 Å². The first-order valence-electron chi connectivity index (χ1n) is 31.4. The van der Waals surface area contributed by atoms with Gasteiger partial charge in [0.15, 0.2) is 5.79 Å². The van der Waals surface area contributed by atoms with Crippen molar-refractivity contribution in [1.29, 1.82) is 0 Å². The molecule has 1 heterocycles. The van der Waals surface area contributed by atoms with Gasteiger partial charge in [0, 0.05) is 38.9 Å². The van der Waals surface area contributed by atoms with Gasteiger partial charge in [-0.1, -0.05) is 198 Å². The summed E-state index contributed by atoms with van der Waals surface area (Å²) >= 11 is 0. The van der Waals surface area contributed by atoms with Gasteiger partial charge in [0.1, 0.15) is 5.78 Å². The molecule has 0 aromatic heterocycles. The molecule has 3 aliphatic rings. The van der Waals surface area contributed by atoms with Crippen LogP contribution < -0.4 is 0 Å². The van der Waals surface area contributed by atoms with Crippen LogP contribution in [0, 0.1) is 22.7 Å². The zero-order valence-electron chi connectivity index (χ0n) is 47.6. The van der Waals surface area contributed by atoms with E-state index in [1.165, 1.54) is 199 Å². The second-order valence-electron chi connectivity index (χ2n) is 24.2. The average Bonchev–Trinajstić information content (AvgIpc) is 3.72. The third kappa shape index (κ3) is 30.0. The molecule has 5 heteroatoms. The van der Waals surface area contributed by atoms with Gasteiger partial charge in [0.25, 0.3) is 0 Å². The molecule has 1 saturated heterocycles. The Labute approximate surface area is 441 Å². The highest BCUT2D eigenvalue weighted by Crippen LogP contribution is 2.54. The smallest absolute Gasteiger partial charge is 0.169 e. The topological polar surface area (TPSA) is 76.0 Å². The van der Waals surface area contributed by atoms with Gasteiger partial charge in [0.05, 0.1) is 12.2 Å². The lowest BCUT2D eigenvalue weighted by molar-refractivity contribution is -0.208. The minimum atomic E-state index is -0.382. The van der Waals surface area contributed by atoms with Crippen molar-refractivity contribution >= 4 is 5.78 Å². The summed E-state index contributed by atoms with van der Waals surface area (Å²) in [5.74, 6) is 1.23. The lowest BCUT2D eigenvalue weighted by Crippen LogP contribution is -2.40. The summed E-state index contributed by atoms with van der Waals surface area (Å²) in [4.78, 5) is 12.4. The van der Waals surface area contributed by atoms with E-state index in [4.69, 9.17) is 9.47 Å². The predicted molar refractivity (Wildman–Crippen MR) is 306 cm³/mol. The summed E-state index contributed by atoms with van der Waals surface area (Å²) in [6.07, 6.45) is 72.7. The molecule has 0 amide bonds. The number of carbonyl (C=O) groups is 1. The maximum atomic E-state index is 12.4. The highest BCUT2D eigenvalue weighted by molar-refractivity contribution is 5.78. The van der Waals surface area contributed by atoms with Gasteiger partial charge < -0.3 is 19.7 Å². The number of Topliss-reactive ketones (excluding diaryl/α,β-unsaturated/α-hetero) is 1. The monoisotopic (exact) mass is 991 g/mol. The van der Waals surface area contributed by atoms with E-state index in [1.54, 1.807) is 0 Å². The molecular weight excluding hydrogens is 873 g/mol. The molecule has 71 heavy (non-hydrogen) atoms. The Morgan fingerprint density at radius 1 is 0.479 bits per heavy atom. The SMILES string of the molecule is CCCCC/C=C\C/C=C\CCCCCCCCC1(CCCCCCCC/C=C\C/C=C\CCCCC)CCC2(CC1)OC1C[C@@H](CCCCC(C)(C)CCCO)[C@@H](CCCCC(=O)CCCO)CC1O2. The van der Waals surface area contributed by atoms with Gasteiger partial charge in [-0.15, -0.1) is 0 Å². The van der Waals surface area contributed by atoms with Gasteiger partial charge in [-0.25, -0.2) is 0 Å². The largest absolute Gasteiger partial charge is 0.396 e. The standard InChI is InChI=1S/C66H118O5/c1-5-7-9-11-13-15-17-19-21-23-25-27-29-31-33-38-49-65(50-39-34-32-30-28-26-24-22-20-18-16-14-12-10-8-6-2)51-53-66(54-52-65)70-62-57-59(43-35-36-45-61(69)46-41-55-67)60(58-63(62)71-66)44-37-40-47-64(3,4)48-42-56-68/h13-16,19-22,59-60,62-63,67-68H,5-12,17-18,23-58H2,1-4H3/b15-13-,16-14-,21-19-,22-20-/t59-,60+,62?,63?/m0/s1. The number of ether oxygens (including phenoxy) is 2. The molecule has 2 aliphatic carbocycles. The number of rotatable bonds is 46. The average molecular weight is 992 g/mol. The van der Waals surface area contributed by atoms with Crippen molar-refractivity contribution in [3.8, 4) is 0 Å². The lowest BCUT2D eigenvalue weighted by atomic mass is 9.66. The number of unbranched alkanes of at least 4 members (excludes halogenated alkanes) is 20.